The van der Waals surface area contributed by atoms with Crippen LogP contribution in [0.3, 0.4) is 0 Å². The van der Waals surface area contributed by atoms with Crippen molar-refractivity contribution in [3.05, 3.63) is 258 Å². The van der Waals surface area contributed by atoms with Crippen molar-refractivity contribution in [3.8, 4) is 5.75 Å². The molecule has 0 aliphatic carbocycles. The summed E-state index contributed by atoms with van der Waals surface area (Å²) in [5.41, 5.74) is 12.1. The van der Waals surface area contributed by atoms with E-state index in [9.17, 15) is 8.42 Å². The van der Waals surface area contributed by atoms with Crippen LogP contribution in [0.5, 0.6) is 5.75 Å². The molecule has 5 atom stereocenters. The standard InChI is InChI=1S/C65H68N4O9S/c1-72-56-36-34-54(35-37-56)65(52-26-12-4-13-27-52,53-28-14-5-15-29-53)68-43-55(67-48-68)46-77-61-60(47-73-40-21-7-20-39-66)78-64(63(76-45-50-24-10-3-11-25-50)62(61)75-44-49-22-8-2-9-23-49)74-41-38-51-42-69(59-33-19-18-32-58(51)59)79(70,71)57-30-16-6-17-31-57/h2-6,8-19,22-37,42-43,48,60-64H,7,20-21,38-41,44-47,66H2,1H3/t60-,61-,62+,63-,64-/m1/s1. The summed E-state index contributed by atoms with van der Waals surface area (Å²) in [4.78, 5) is 5.26. The number of hydrogen-bond donors (Lipinski definition) is 1. The van der Waals surface area contributed by atoms with E-state index in [-0.39, 0.29) is 37.9 Å². The van der Waals surface area contributed by atoms with E-state index in [0.29, 0.717) is 30.8 Å². The zero-order valence-electron chi connectivity index (χ0n) is 44.5. The first kappa shape index (κ1) is 55.1. The van der Waals surface area contributed by atoms with Gasteiger partial charge >= 0.3 is 0 Å². The lowest BCUT2D eigenvalue weighted by molar-refractivity contribution is -0.328. The molecule has 1 aliphatic heterocycles. The van der Waals surface area contributed by atoms with Crippen molar-refractivity contribution < 1.29 is 41.6 Å². The maximum atomic E-state index is 14.1. The van der Waals surface area contributed by atoms with Crippen LogP contribution in [0.25, 0.3) is 10.9 Å². The maximum absolute atomic E-state index is 14.1. The summed E-state index contributed by atoms with van der Waals surface area (Å²) >= 11 is 0. The third kappa shape index (κ3) is 12.8. The van der Waals surface area contributed by atoms with E-state index >= 15 is 0 Å². The first-order valence-electron chi connectivity index (χ1n) is 27.0. The Hall–Kier alpha value is -7.24. The summed E-state index contributed by atoms with van der Waals surface area (Å²) in [6.07, 6.45) is 4.69. The average molecular weight is 1080 g/mol. The van der Waals surface area contributed by atoms with E-state index in [2.05, 4.69) is 65.2 Å². The van der Waals surface area contributed by atoms with Crippen molar-refractivity contribution in [2.45, 2.75) is 86.6 Å². The van der Waals surface area contributed by atoms with Crippen molar-refractivity contribution in [1.29, 1.82) is 0 Å². The molecule has 2 aromatic heterocycles. The summed E-state index contributed by atoms with van der Waals surface area (Å²) in [7, 11) is -2.23. The molecule has 0 saturated carbocycles. The van der Waals surface area contributed by atoms with Gasteiger partial charge in [-0.05, 0) is 95.9 Å². The zero-order valence-corrected chi connectivity index (χ0v) is 45.3. The Morgan fingerprint density at radius 3 is 1.78 bits per heavy atom. The number of unbranched alkanes of at least 4 members (excludes halogenated alkanes) is 2. The summed E-state index contributed by atoms with van der Waals surface area (Å²) in [6.45, 7) is 2.01. The maximum Gasteiger partial charge on any atom is 0.268 e. The summed E-state index contributed by atoms with van der Waals surface area (Å²) < 4.78 is 78.8. The summed E-state index contributed by atoms with van der Waals surface area (Å²) in [5, 5.41) is 0.807. The smallest absolute Gasteiger partial charge is 0.268 e. The minimum Gasteiger partial charge on any atom is -0.497 e. The van der Waals surface area contributed by atoms with Gasteiger partial charge in [0.15, 0.2) is 6.29 Å². The van der Waals surface area contributed by atoms with Crippen LogP contribution < -0.4 is 10.5 Å². The molecule has 0 amide bonds. The van der Waals surface area contributed by atoms with Crippen LogP contribution in [0.4, 0.5) is 0 Å². The molecular weight excluding hydrogens is 1010 g/mol. The number of benzene rings is 7. The van der Waals surface area contributed by atoms with E-state index in [1.54, 1.807) is 43.6 Å². The number of rotatable bonds is 27. The highest BCUT2D eigenvalue weighted by Crippen LogP contribution is 2.42. The van der Waals surface area contributed by atoms with Gasteiger partial charge in [0, 0.05) is 24.4 Å². The second-order valence-electron chi connectivity index (χ2n) is 19.6. The molecule has 0 bridgehead atoms. The third-order valence-corrected chi connectivity index (χ3v) is 16.2. The third-order valence-electron chi connectivity index (χ3n) is 14.5. The zero-order chi connectivity index (χ0) is 54.3. The van der Waals surface area contributed by atoms with Crippen LogP contribution >= 0.6 is 0 Å². The van der Waals surface area contributed by atoms with E-state index in [1.807, 2.05) is 122 Å². The monoisotopic (exact) mass is 1080 g/mol. The number of nitrogens with two attached hydrogens (primary N) is 1. The van der Waals surface area contributed by atoms with E-state index in [0.717, 1.165) is 63.8 Å². The number of aromatic nitrogens is 3. The van der Waals surface area contributed by atoms with Gasteiger partial charge in [-0.2, -0.15) is 0 Å². The Morgan fingerprint density at radius 2 is 1.15 bits per heavy atom. The molecule has 0 radical (unpaired) electrons. The highest BCUT2D eigenvalue weighted by atomic mass is 32.2. The molecule has 1 saturated heterocycles. The lowest BCUT2D eigenvalue weighted by atomic mass is 9.76. The van der Waals surface area contributed by atoms with E-state index in [4.69, 9.17) is 43.9 Å². The Morgan fingerprint density at radius 1 is 0.582 bits per heavy atom. The van der Waals surface area contributed by atoms with Gasteiger partial charge in [0.1, 0.15) is 35.7 Å². The van der Waals surface area contributed by atoms with Crippen molar-refractivity contribution in [3.63, 3.8) is 0 Å². The van der Waals surface area contributed by atoms with Crippen molar-refractivity contribution >= 4 is 20.9 Å². The number of imidazole rings is 1. The number of nitrogens with zero attached hydrogens (tertiary/aromatic N) is 3. The fraction of sp³-hybridized carbons (Fsp3) is 0.277. The predicted molar refractivity (Wildman–Crippen MR) is 305 cm³/mol. The van der Waals surface area contributed by atoms with Crippen LogP contribution in [0.1, 0.15) is 58.3 Å². The second-order valence-corrected chi connectivity index (χ2v) is 21.4. The van der Waals surface area contributed by atoms with Gasteiger partial charge in [0.2, 0.25) is 0 Å². The second kappa shape index (κ2) is 26.6. The molecule has 9 aromatic rings. The van der Waals surface area contributed by atoms with Crippen molar-refractivity contribution in [1.82, 2.24) is 13.5 Å². The van der Waals surface area contributed by atoms with Crippen molar-refractivity contribution in [2.75, 3.05) is 33.5 Å². The van der Waals surface area contributed by atoms with Gasteiger partial charge in [-0.25, -0.2) is 17.4 Å². The largest absolute Gasteiger partial charge is 0.497 e. The molecule has 1 fully saturated rings. The van der Waals surface area contributed by atoms with Crippen LogP contribution in [-0.2, 0) is 70.2 Å². The molecular formula is C65H68N4O9S. The molecule has 3 heterocycles. The first-order valence-corrected chi connectivity index (χ1v) is 28.5. The van der Waals surface area contributed by atoms with Crippen LogP contribution in [-0.4, -0.2) is 86.1 Å². The summed E-state index contributed by atoms with van der Waals surface area (Å²) in [5.74, 6) is 0.755. The molecule has 0 spiro atoms. The molecule has 7 aromatic carbocycles. The normalized spacial score (nSPS) is 17.7. The number of ether oxygens (including phenoxy) is 7. The predicted octanol–water partition coefficient (Wildman–Crippen LogP) is 11.1. The SMILES string of the molecule is COc1ccc(C(c2ccccc2)(c2ccccc2)n2cnc(CO[C@H]3[C@H](OCc4ccccc4)[C@@H](OCc4ccccc4)[C@H](OCCc4cn(S(=O)(=O)c5ccccc5)c5ccccc45)O[C@@H]3COCCCCCN)c2)cc1. The topological polar surface area (TPSA) is 148 Å². The molecule has 408 valence electrons. The average Bonchev–Trinajstić information content (AvgIpc) is 4.15. The Kier molecular flexibility index (Phi) is 18.6. The van der Waals surface area contributed by atoms with Crippen LogP contribution in [0.15, 0.2) is 224 Å². The number of fused-ring (bicyclic) bond motifs is 1. The highest BCUT2D eigenvalue weighted by molar-refractivity contribution is 7.90. The lowest BCUT2D eigenvalue weighted by Gasteiger charge is -2.45. The van der Waals surface area contributed by atoms with E-state index in [1.165, 1.54) is 3.97 Å². The Bertz CT molecular complexity index is 3340. The molecule has 2 N–H and O–H groups in total. The molecule has 10 rings (SSSR count). The molecule has 1 aliphatic rings. The number of para-hydroxylation sites is 1. The number of methoxy groups -OCH3 is 1. The fourth-order valence-corrected chi connectivity index (χ4v) is 11.9. The number of hydrogen-bond acceptors (Lipinski definition) is 11. The molecule has 14 heteroatoms. The van der Waals surface area contributed by atoms with Gasteiger partial charge in [0.05, 0.1) is 62.6 Å². The van der Waals surface area contributed by atoms with E-state index < -0.39 is 46.3 Å². The Labute approximate surface area is 463 Å². The van der Waals surface area contributed by atoms with Gasteiger partial charge in [-0.15, -0.1) is 0 Å². The summed E-state index contributed by atoms with van der Waals surface area (Å²) in [6, 6.07) is 65.0. The molecule has 0 unspecified atom stereocenters. The molecule has 13 nitrogen and oxygen atoms in total. The minimum atomic E-state index is -3.90. The van der Waals surface area contributed by atoms with Gasteiger partial charge in [-0.3, -0.25) is 0 Å². The van der Waals surface area contributed by atoms with Gasteiger partial charge in [0.25, 0.3) is 10.0 Å². The van der Waals surface area contributed by atoms with Gasteiger partial charge < -0.3 is 43.5 Å². The highest BCUT2D eigenvalue weighted by Gasteiger charge is 2.49. The minimum absolute atomic E-state index is 0.0916. The van der Waals surface area contributed by atoms with Crippen LogP contribution in [0, 0.1) is 0 Å². The Balaban J connectivity index is 0.992. The fourth-order valence-electron chi connectivity index (χ4n) is 10.5. The van der Waals surface area contributed by atoms with Crippen LogP contribution in [0.2, 0.25) is 0 Å². The first-order chi connectivity index (χ1) is 38.9. The van der Waals surface area contributed by atoms with Gasteiger partial charge in [-0.1, -0.05) is 170 Å². The quantitative estimate of drug-likeness (QED) is 0.0388. The van der Waals surface area contributed by atoms with Crippen molar-refractivity contribution in [2.24, 2.45) is 5.73 Å². The molecule has 79 heavy (non-hydrogen) atoms. The lowest BCUT2D eigenvalue weighted by Crippen LogP contribution is -2.62.